The zero-order chi connectivity index (χ0) is 19.0. The molecule has 27 heavy (non-hydrogen) atoms. The second kappa shape index (κ2) is 10.1. The van der Waals surface area contributed by atoms with Crippen LogP contribution in [0.3, 0.4) is 0 Å². The maximum Gasteiger partial charge on any atom is 0.226 e. The fourth-order valence-electron chi connectivity index (χ4n) is 4.54. The number of aliphatic imine (C=N–C) groups is 1. The molecule has 0 amide bonds. The largest absolute Gasteiger partial charge is 0.356 e. The summed E-state index contributed by atoms with van der Waals surface area (Å²) in [7, 11) is 1.85. The standard InChI is InChI=1S/C20H36N6O/c1-17-24-18(27-25-17)10-9-13-22-19(21-2)23-16-20(11-5-3-6-12-20)26-14-7-4-8-15-26/h3-16H2,1-2H3,(H2,21,22,23). The average molecular weight is 377 g/mol. The monoisotopic (exact) mass is 376 g/mol. The molecule has 1 saturated carbocycles. The number of aryl methyl sites for hydroxylation is 2. The Kier molecular flexibility index (Phi) is 7.50. The minimum absolute atomic E-state index is 0.317. The zero-order valence-corrected chi connectivity index (χ0v) is 17.1. The first-order valence-electron chi connectivity index (χ1n) is 10.7. The van der Waals surface area contributed by atoms with Crippen molar-refractivity contribution in [2.24, 2.45) is 4.99 Å². The number of hydrogen-bond acceptors (Lipinski definition) is 5. The highest BCUT2D eigenvalue weighted by molar-refractivity contribution is 5.79. The van der Waals surface area contributed by atoms with Gasteiger partial charge in [0, 0.05) is 32.1 Å². The van der Waals surface area contributed by atoms with E-state index in [1.807, 2.05) is 14.0 Å². The summed E-state index contributed by atoms with van der Waals surface area (Å²) in [6.07, 6.45) is 12.6. The number of guanidine groups is 1. The maximum atomic E-state index is 5.16. The molecule has 0 atom stereocenters. The van der Waals surface area contributed by atoms with Gasteiger partial charge in [0.25, 0.3) is 0 Å². The van der Waals surface area contributed by atoms with E-state index in [1.165, 1.54) is 64.5 Å². The van der Waals surface area contributed by atoms with E-state index < -0.39 is 0 Å². The van der Waals surface area contributed by atoms with Crippen molar-refractivity contribution in [1.82, 2.24) is 25.7 Å². The molecule has 0 aromatic carbocycles. The first-order chi connectivity index (χ1) is 13.2. The lowest BCUT2D eigenvalue weighted by Gasteiger charge is -2.48. The Morgan fingerprint density at radius 3 is 2.52 bits per heavy atom. The highest BCUT2D eigenvalue weighted by Gasteiger charge is 2.38. The summed E-state index contributed by atoms with van der Waals surface area (Å²) in [5.74, 6) is 2.31. The number of nitrogens with one attached hydrogen (secondary N) is 2. The van der Waals surface area contributed by atoms with Crippen LogP contribution in [0, 0.1) is 6.92 Å². The average Bonchev–Trinajstić information content (AvgIpc) is 3.14. The van der Waals surface area contributed by atoms with Crippen LogP contribution in [-0.2, 0) is 6.42 Å². The van der Waals surface area contributed by atoms with Crippen LogP contribution in [0.4, 0.5) is 0 Å². The van der Waals surface area contributed by atoms with Crippen LogP contribution in [0.1, 0.15) is 69.5 Å². The van der Waals surface area contributed by atoms with Gasteiger partial charge in [0.2, 0.25) is 5.89 Å². The quantitative estimate of drug-likeness (QED) is 0.433. The molecule has 0 bridgehead atoms. The highest BCUT2D eigenvalue weighted by Crippen LogP contribution is 2.35. The lowest BCUT2D eigenvalue weighted by Crippen LogP contribution is -2.59. The van der Waals surface area contributed by atoms with E-state index in [0.29, 0.717) is 17.3 Å². The van der Waals surface area contributed by atoms with Gasteiger partial charge in [-0.3, -0.25) is 9.89 Å². The predicted octanol–water partition coefficient (Wildman–Crippen LogP) is 2.66. The van der Waals surface area contributed by atoms with Gasteiger partial charge in [-0.05, 0) is 52.1 Å². The molecule has 2 fully saturated rings. The lowest BCUT2D eigenvalue weighted by molar-refractivity contribution is 0.0368. The molecule has 7 heteroatoms. The van der Waals surface area contributed by atoms with E-state index in [4.69, 9.17) is 4.52 Å². The summed E-state index contributed by atoms with van der Waals surface area (Å²) in [4.78, 5) is 11.4. The van der Waals surface area contributed by atoms with Crippen molar-refractivity contribution in [2.75, 3.05) is 33.2 Å². The molecule has 0 spiro atoms. The van der Waals surface area contributed by atoms with Crippen LogP contribution in [0.15, 0.2) is 9.52 Å². The molecule has 1 aromatic rings. The number of piperidine rings is 1. The summed E-state index contributed by atoms with van der Waals surface area (Å²) in [6, 6.07) is 0. The van der Waals surface area contributed by atoms with Gasteiger partial charge in [-0.2, -0.15) is 4.98 Å². The van der Waals surface area contributed by atoms with E-state index in [2.05, 4.69) is 30.7 Å². The van der Waals surface area contributed by atoms with Crippen molar-refractivity contribution in [1.29, 1.82) is 0 Å². The Morgan fingerprint density at radius 2 is 1.85 bits per heavy atom. The van der Waals surface area contributed by atoms with Crippen LogP contribution >= 0.6 is 0 Å². The van der Waals surface area contributed by atoms with Crippen LogP contribution in [0.2, 0.25) is 0 Å². The van der Waals surface area contributed by atoms with Crippen LogP contribution in [-0.4, -0.2) is 59.8 Å². The minimum atomic E-state index is 0.317. The third kappa shape index (κ3) is 5.67. The first-order valence-corrected chi connectivity index (χ1v) is 10.7. The van der Waals surface area contributed by atoms with E-state index in [0.717, 1.165) is 31.9 Å². The number of likely N-dealkylation sites (tertiary alicyclic amines) is 1. The fraction of sp³-hybridized carbons (Fsp3) is 0.850. The Balaban J connectivity index is 1.46. The predicted molar refractivity (Wildman–Crippen MR) is 108 cm³/mol. The molecule has 0 radical (unpaired) electrons. The van der Waals surface area contributed by atoms with Crippen LogP contribution in [0.25, 0.3) is 0 Å². The third-order valence-electron chi connectivity index (χ3n) is 6.05. The number of hydrogen-bond donors (Lipinski definition) is 2. The molecule has 1 aliphatic carbocycles. The van der Waals surface area contributed by atoms with Crippen molar-refractivity contribution >= 4 is 5.96 Å². The third-order valence-corrected chi connectivity index (χ3v) is 6.05. The summed E-state index contributed by atoms with van der Waals surface area (Å²) >= 11 is 0. The minimum Gasteiger partial charge on any atom is -0.356 e. The van der Waals surface area contributed by atoms with E-state index in [1.54, 1.807) is 0 Å². The molecule has 152 valence electrons. The topological polar surface area (TPSA) is 78.6 Å². The smallest absolute Gasteiger partial charge is 0.226 e. The Morgan fingerprint density at radius 1 is 1.11 bits per heavy atom. The SMILES string of the molecule is CN=C(NCCCc1nc(C)no1)NCC1(N2CCCCC2)CCCCC1. The molecule has 3 rings (SSSR count). The van der Waals surface area contributed by atoms with Gasteiger partial charge in [-0.15, -0.1) is 0 Å². The molecular weight excluding hydrogens is 340 g/mol. The first kappa shape index (κ1) is 20.1. The Bertz CT molecular complexity index is 587. The normalized spacial score (nSPS) is 21.2. The Hall–Kier alpha value is -1.63. The molecule has 2 aliphatic rings. The molecular formula is C20H36N6O. The van der Waals surface area contributed by atoms with Gasteiger partial charge in [-0.25, -0.2) is 0 Å². The molecule has 2 N–H and O–H groups in total. The number of aromatic nitrogens is 2. The van der Waals surface area contributed by atoms with Gasteiger partial charge in [0.05, 0.1) is 0 Å². The van der Waals surface area contributed by atoms with Gasteiger partial charge in [-0.1, -0.05) is 30.8 Å². The zero-order valence-electron chi connectivity index (χ0n) is 17.1. The lowest BCUT2D eigenvalue weighted by atomic mass is 9.79. The van der Waals surface area contributed by atoms with Crippen molar-refractivity contribution in [3.8, 4) is 0 Å². The van der Waals surface area contributed by atoms with Gasteiger partial charge < -0.3 is 15.2 Å². The van der Waals surface area contributed by atoms with Gasteiger partial charge in [0.15, 0.2) is 11.8 Å². The molecule has 1 aromatic heterocycles. The van der Waals surface area contributed by atoms with E-state index in [9.17, 15) is 0 Å². The van der Waals surface area contributed by atoms with Gasteiger partial charge in [0.1, 0.15) is 0 Å². The van der Waals surface area contributed by atoms with Crippen LogP contribution in [0.5, 0.6) is 0 Å². The number of nitrogens with zero attached hydrogens (tertiary/aromatic N) is 4. The second-order valence-corrected chi connectivity index (χ2v) is 8.02. The summed E-state index contributed by atoms with van der Waals surface area (Å²) < 4.78 is 5.16. The highest BCUT2D eigenvalue weighted by atomic mass is 16.5. The summed E-state index contributed by atoms with van der Waals surface area (Å²) in [5, 5.41) is 10.9. The maximum absolute atomic E-state index is 5.16. The molecule has 7 nitrogen and oxygen atoms in total. The van der Waals surface area contributed by atoms with Gasteiger partial charge >= 0.3 is 0 Å². The summed E-state index contributed by atoms with van der Waals surface area (Å²) in [5.41, 5.74) is 0.317. The molecule has 2 heterocycles. The molecule has 1 saturated heterocycles. The summed E-state index contributed by atoms with van der Waals surface area (Å²) in [6.45, 7) is 6.21. The number of rotatable bonds is 7. The van der Waals surface area contributed by atoms with E-state index in [-0.39, 0.29) is 0 Å². The Labute approximate surface area is 163 Å². The van der Waals surface area contributed by atoms with Crippen molar-refractivity contribution < 1.29 is 4.52 Å². The van der Waals surface area contributed by atoms with Crippen LogP contribution < -0.4 is 10.6 Å². The molecule has 0 unspecified atom stereocenters. The van der Waals surface area contributed by atoms with Crippen molar-refractivity contribution in [3.05, 3.63) is 11.7 Å². The molecule has 1 aliphatic heterocycles. The fourth-order valence-corrected chi connectivity index (χ4v) is 4.54. The van der Waals surface area contributed by atoms with Crippen molar-refractivity contribution in [2.45, 2.75) is 76.7 Å². The van der Waals surface area contributed by atoms with Crippen molar-refractivity contribution in [3.63, 3.8) is 0 Å². The van der Waals surface area contributed by atoms with E-state index >= 15 is 0 Å². The second-order valence-electron chi connectivity index (χ2n) is 8.02.